The minimum Gasteiger partial charge on any atom is -0.381 e. The molecule has 2 aromatic carbocycles. The molecule has 0 aliphatic heterocycles. The second-order valence-corrected chi connectivity index (χ2v) is 5.31. The van der Waals surface area contributed by atoms with Crippen LogP contribution >= 0.6 is 15.9 Å². The van der Waals surface area contributed by atoms with Gasteiger partial charge in [0.2, 0.25) is 0 Å². The number of aryl methyl sites for hydroxylation is 2. The summed E-state index contributed by atoms with van der Waals surface area (Å²) in [5.74, 6) is -0.204. The molecule has 2 rings (SSSR count). The van der Waals surface area contributed by atoms with E-state index in [1.807, 2.05) is 19.1 Å². The average molecular weight is 308 g/mol. The maximum absolute atomic E-state index is 13.2. The van der Waals surface area contributed by atoms with Gasteiger partial charge in [0.15, 0.2) is 0 Å². The third-order valence-corrected chi connectivity index (χ3v) is 3.65. The first-order chi connectivity index (χ1) is 8.54. The van der Waals surface area contributed by atoms with E-state index < -0.39 is 0 Å². The van der Waals surface area contributed by atoms with E-state index in [1.54, 1.807) is 0 Å². The van der Waals surface area contributed by atoms with E-state index in [2.05, 4.69) is 40.3 Å². The van der Waals surface area contributed by atoms with Crippen LogP contribution in [0.15, 0.2) is 40.9 Å². The van der Waals surface area contributed by atoms with Gasteiger partial charge in [0.05, 0.1) is 0 Å². The van der Waals surface area contributed by atoms with Gasteiger partial charge in [-0.1, -0.05) is 28.1 Å². The van der Waals surface area contributed by atoms with E-state index in [1.165, 1.54) is 23.3 Å². The molecule has 18 heavy (non-hydrogen) atoms. The van der Waals surface area contributed by atoms with Crippen molar-refractivity contribution in [3.05, 3.63) is 63.4 Å². The number of benzene rings is 2. The summed E-state index contributed by atoms with van der Waals surface area (Å²) in [5.41, 5.74) is 4.11. The second-order valence-electron chi connectivity index (χ2n) is 4.45. The first-order valence-electron chi connectivity index (χ1n) is 5.81. The molecule has 0 aromatic heterocycles. The molecule has 1 nitrogen and oxygen atoms in total. The molecule has 1 N–H and O–H groups in total. The summed E-state index contributed by atoms with van der Waals surface area (Å²) < 4.78 is 14.3. The lowest BCUT2D eigenvalue weighted by Crippen LogP contribution is -2.00. The summed E-state index contributed by atoms with van der Waals surface area (Å²) in [6.45, 7) is 4.63. The highest BCUT2D eigenvalue weighted by Gasteiger charge is 2.00. The zero-order chi connectivity index (χ0) is 13.1. The molecule has 0 unspecified atom stereocenters. The van der Waals surface area contributed by atoms with Gasteiger partial charge in [-0.25, -0.2) is 4.39 Å². The van der Waals surface area contributed by atoms with Crippen molar-refractivity contribution < 1.29 is 4.39 Å². The summed E-state index contributed by atoms with van der Waals surface area (Å²) in [7, 11) is 0. The summed E-state index contributed by atoms with van der Waals surface area (Å²) in [6, 6.07) is 11.2. The van der Waals surface area contributed by atoms with Crippen LogP contribution in [0, 0.1) is 19.7 Å². The van der Waals surface area contributed by atoms with Gasteiger partial charge in [-0.3, -0.25) is 0 Å². The Morgan fingerprint density at radius 1 is 1.11 bits per heavy atom. The van der Waals surface area contributed by atoms with Crippen LogP contribution in [0.3, 0.4) is 0 Å². The molecule has 3 heteroatoms. The van der Waals surface area contributed by atoms with Crippen LogP contribution in [-0.4, -0.2) is 0 Å². The van der Waals surface area contributed by atoms with Crippen LogP contribution in [0.25, 0.3) is 0 Å². The molecular weight excluding hydrogens is 293 g/mol. The van der Waals surface area contributed by atoms with Gasteiger partial charge in [-0.2, -0.15) is 0 Å². The van der Waals surface area contributed by atoms with Gasteiger partial charge < -0.3 is 5.32 Å². The summed E-state index contributed by atoms with van der Waals surface area (Å²) in [4.78, 5) is 0. The number of halogens is 2. The van der Waals surface area contributed by atoms with Gasteiger partial charge in [-0.15, -0.1) is 0 Å². The van der Waals surface area contributed by atoms with Gasteiger partial charge >= 0.3 is 0 Å². The molecule has 0 saturated carbocycles. The fourth-order valence-electron chi connectivity index (χ4n) is 1.86. The van der Waals surface area contributed by atoms with Crippen LogP contribution in [0.2, 0.25) is 0 Å². The zero-order valence-electron chi connectivity index (χ0n) is 10.4. The van der Waals surface area contributed by atoms with Crippen molar-refractivity contribution in [2.45, 2.75) is 20.4 Å². The molecule has 0 bridgehead atoms. The molecular formula is C15H15BrFN. The lowest BCUT2D eigenvalue weighted by atomic mass is 10.1. The summed E-state index contributed by atoms with van der Waals surface area (Å²) in [6.07, 6.45) is 0. The molecule has 0 aliphatic rings. The highest BCUT2D eigenvalue weighted by atomic mass is 79.9. The third-order valence-electron chi connectivity index (χ3n) is 2.76. The number of nitrogens with one attached hydrogen (secondary N) is 1. The van der Waals surface area contributed by atoms with E-state index in [0.29, 0.717) is 6.54 Å². The minimum atomic E-state index is -0.204. The molecule has 0 heterocycles. The van der Waals surface area contributed by atoms with E-state index >= 15 is 0 Å². The fourth-order valence-corrected chi connectivity index (χ4v) is 2.11. The quantitative estimate of drug-likeness (QED) is 0.857. The van der Waals surface area contributed by atoms with E-state index in [9.17, 15) is 4.39 Å². The van der Waals surface area contributed by atoms with Crippen molar-refractivity contribution in [2.24, 2.45) is 0 Å². The first-order valence-corrected chi connectivity index (χ1v) is 6.60. The van der Waals surface area contributed by atoms with Crippen LogP contribution in [0.1, 0.15) is 16.7 Å². The molecule has 0 radical (unpaired) electrons. The third kappa shape index (κ3) is 3.33. The maximum Gasteiger partial charge on any atom is 0.125 e. The van der Waals surface area contributed by atoms with E-state index in [4.69, 9.17) is 0 Å². The molecule has 2 aromatic rings. The Morgan fingerprint density at radius 3 is 2.56 bits per heavy atom. The lowest BCUT2D eigenvalue weighted by molar-refractivity contribution is 0.627. The molecule has 0 aliphatic carbocycles. The second kappa shape index (κ2) is 5.53. The standard InChI is InChI=1S/C15H15BrFN/c1-10-5-13(17)8-14(6-10)18-9-12-3-4-15(16)11(2)7-12/h3-8,18H,9H2,1-2H3. The Balaban J connectivity index is 2.08. The van der Waals surface area contributed by atoms with Crippen LogP contribution in [0.5, 0.6) is 0 Å². The van der Waals surface area contributed by atoms with Crippen molar-refractivity contribution in [1.82, 2.24) is 0 Å². The molecule has 0 saturated heterocycles. The topological polar surface area (TPSA) is 12.0 Å². The fraction of sp³-hybridized carbons (Fsp3) is 0.200. The summed E-state index contributed by atoms with van der Waals surface area (Å²) >= 11 is 3.47. The SMILES string of the molecule is Cc1cc(F)cc(NCc2ccc(Br)c(C)c2)c1. The zero-order valence-corrected chi connectivity index (χ0v) is 12.0. The Hall–Kier alpha value is -1.35. The van der Waals surface area contributed by atoms with E-state index in [-0.39, 0.29) is 5.82 Å². The van der Waals surface area contributed by atoms with Crippen molar-refractivity contribution in [1.29, 1.82) is 0 Å². The Bertz CT molecular complexity index is 546. The van der Waals surface area contributed by atoms with Gasteiger partial charge in [-0.05, 0) is 54.8 Å². The lowest BCUT2D eigenvalue weighted by Gasteiger charge is -2.09. The number of hydrogen-bond acceptors (Lipinski definition) is 1. The van der Waals surface area contributed by atoms with Crippen LogP contribution in [-0.2, 0) is 6.54 Å². The number of anilines is 1. The Kier molecular flexibility index (Phi) is 4.02. The van der Waals surface area contributed by atoms with E-state index in [0.717, 1.165) is 15.7 Å². The molecule has 0 fully saturated rings. The first kappa shape index (κ1) is 13.1. The average Bonchev–Trinajstić information content (AvgIpc) is 2.29. The molecule has 0 atom stereocenters. The largest absolute Gasteiger partial charge is 0.381 e. The van der Waals surface area contributed by atoms with Gasteiger partial charge in [0, 0.05) is 16.7 Å². The van der Waals surface area contributed by atoms with Crippen LogP contribution < -0.4 is 5.32 Å². The van der Waals surface area contributed by atoms with Gasteiger partial charge in [0.1, 0.15) is 5.82 Å². The molecule has 0 spiro atoms. The molecule has 94 valence electrons. The smallest absolute Gasteiger partial charge is 0.125 e. The Labute approximate surface area is 115 Å². The normalized spacial score (nSPS) is 10.4. The Morgan fingerprint density at radius 2 is 1.89 bits per heavy atom. The highest BCUT2D eigenvalue weighted by Crippen LogP contribution is 2.19. The van der Waals surface area contributed by atoms with Crippen molar-refractivity contribution in [3.8, 4) is 0 Å². The van der Waals surface area contributed by atoms with Crippen molar-refractivity contribution in [2.75, 3.05) is 5.32 Å². The monoisotopic (exact) mass is 307 g/mol. The predicted octanol–water partition coefficient (Wildman–Crippen LogP) is 4.82. The number of hydrogen-bond donors (Lipinski definition) is 1. The number of rotatable bonds is 3. The van der Waals surface area contributed by atoms with Crippen LogP contribution in [0.4, 0.5) is 10.1 Å². The molecule has 0 amide bonds. The van der Waals surface area contributed by atoms with Crippen molar-refractivity contribution >= 4 is 21.6 Å². The minimum absolute atomic E-state index is 0.204. The maximum atomic E-state index is 13.2. The predicted molar refractivity (Wildman–Crippen MR) is 77.3 cm³/mol. The van der Waals surface area contributed by atoms with Gasteiger partial charge in [0.25, 0.3) is 0 Å². The van der Waals surface area contributed by atoms with Crippen molar-refractivity contribution in [3.63, 3.8) is 0 Å². The highest BCUT2D eigenvalue weighted by molar-refractivity contribution is 9.10. The summed E-state index contributed by atoms with van der Waals surface area (Å²) in [5, 5.41) is 3.23.